The third-order valence-corrected chi connectivity index (χ3v) is 6.67. The number of sulfonamides is 1. The molecule has 0 aromatic heterocycles. The minimum Gasteiger partial charge on any atom is -0.207 e. The van der Waals surface area contributed by atoms with E-state index in [1.54, 1.807) is 4.31 Å². The van der Waals surface area contributed by atoms with Crippen molar-refractivity contribution in [1.29, 1.82) is 0 Å². The zero-order valence-corrected chi connectivity index (χ0v) is 15.2. The van der Waals surface area contributed by atoms with Crippen molar-refractivity contribution in [3.8, 4) is 0 Å². The first kappa shape index (κ1) is 16.9. The molecule has 0 amide bonds. The lowest BCUT2D eigenvalue weighted by Gasteiger charge is -2.26. The van der Waals surface area contributed by atoms with Gasteiger partial charge in [-0.1, -0.05) is 60.2 Å². The highest BCUT2D eigenvalue weighted by atomic mass is 32.2. The number of aryl methyl sites for hydroxylation is 3. The van der Waals surface area contributed by atoms with E-state index in [0.29, 0.717) is 17.9 Å². The molecule has 0 fully saturated rings. The molecule has 0 saturated heterocycles. The fourth-order valence-electron chi connectivity index (χ4n) is 3.55. The zero-order valence-electron chi connectivity index (χ0n) is 14.4. The molecule has 1 aliphatic heterocycles. The predicted octanol–water partition coefficient (Wildman–Crippen LogP) is 3.78. The molecule has 0 unspecified atom stereocenters. The summed E-state index contributed by atoms with van der Waals surface area (Å²) in [6.45, 7) is 6.18. The van der Waals surface area contributed by atoms with Crippen LogP contribution in [0.2, 0.25) is 0 Å². The molecule has 3 rings (SSSR count). The van der Waals surface area contributed by atoms with Gasteiger partial charge < -0.3 is 0 Å². The Bertz CT molecular complexity index is 847. The monoisotopic (exact) mass is 341 g/mol. The summed E-state index contributed by atoms with van der Waals surface area (Å²) in [5, 5.41) is 0. The van der Waals surface area contributed by atoms with Crippen LogP contribution in [-0.2, 0) is 16.4 Å². The van der Waals surface area contributed by atoms with Gasteiger partial charge >= 0.3 is 0 Å². The second-order valence-corrected chi connectivity index (χ2v) is 8.32. The minimum absolute atomic E-state index is 0.127. The van der Waals surface area contributed by atoms with E-state index in [1.165, 1.54) is 0 Å². The van der Waals surface area contributed by atoms with Gasteiger partial charge in [0.05, 0.1) is 4.90 Å². The molecule has 1 atom stereocenters. The minimum atomic E-state index is -3.52. The van der Waals surface area contributed by atoms with Gasteiger partial charge in [0.25, 0.3) is 0 Å². The first-order valence-corrected chi connectivity index (χ1v) is 9.64. The molecule has 24 heavy (non-hydrogen) atoms. The van der Waals surface area contributed by atoms with Gasteiger partial charge in [0, 0.05) is 12.6 Å². The standard InChI is InChI=1S/C20H23NO2S/c1-15-12-16(2)20(17(3)13-15)24(22,23)21-11-7-10-19(21)14-18-8-5-4-6-9-18/h4-10,12-13,19H,11,14H2,1-3H3/t19-/m1/s1. The van der Waals surface area contributed by atoms with Crippen molar-refractivity contribution >= 4 is 10.0 Å². The summed E-state index contributed by atoms with van der Waals surface area (Å²) < 4.78 is 28.2. The molecular weight excluding hydrogens is 318 g/mol. The van der Waals surface area contributed by atoms with Crippen LogP contribution >= 0.6 is 0 Å². The molecule has 2 aromatic carbocycles. The van der Waals surface area contributed by atoms with Gasteiger partial charge in [0.15, 0.2) is 0 Å². The molecule has 0 N–H and O–H groups in total. The summed E-state index contributed by atoms with van der Waals surface area (Å²) in [4.78, 5) is 0.454. The Balaban J connectivity index is 1.95. The van der Waals surface area contributed by atoms with Crippen LogP contribution in [0.1, 0.15) is 22.3 Å². The van der Waals surface area contributed by atoms with Gasteiger partial charge in [-0.2, -0.15) is 4.31 Å². The molecule has 4 heteroatoms. The van der Waals surface area contributed by atoms with Crippen LogP contribution < -0.4 is 0 Å². The van der Waals surface area contributed by atoms with Crippen molar-refractivity contribution in [2.75, 3.05) is 6.54 Å². The summed E-state index contributed by atoms with van der Waals surface area (Å²) in [6.07, 6.45) is 4.65. The zero-order chi connectivity index (χ0) is 17.3. The molecule has 2 aromatic rings. The van der Waals surface area contributed by atoms with Crippen LogP contribution in [0.25, 0.3) is 0 Å². The summed E-state index contributed by atoms with van der Waals surface area (Å²) in [5.74, 6) is 0. The Hall–Kier alpha value is -1.91. The number of hydrogen-bond donors (Lipinski definition) is 0. The van der Waals surface area contributed by atoms with Gasteiger partial charge in [-0.15, -0.1) is 0 Å². The smallest absolute Gasteiger partial charge is 0.207 e. The van der Waals surface area contributed by atoms with E-state index in [4.69, 9.17) is 0 Å². The molecule has 3 nitrogen and oxygen atoms in total. The van der Waals surface area contributed by atoms with Crippen LogP contribution in [0.4, 0.5) is 0 Å². The molecule has 0 radical (unpaired) electrons. The average molecular weight is 341 g/mol. The largest absolute Gasteiger partial charge is 0.244 e. The van der Waals surface area contributed by atoms with E-state index in [1.807, 2.05) is 75.4 Å². The average Bonchev–Trinajstić information content (AvgIpc) is 2.96. The number of nitrogens with zero attached hydrogens (tertiary/aromatic N) is 1. The maximum absolute atomic E-state index is 13.3. The Morgan fingerprint density at radius 3 is 2.29 bits per heavy atom. The Labute approximate surface area is 144 Å². The predicted molar refractivity (Wildman–Crippen MR) is 97.6 cm³/mol. The molecule has 126 valence electrons. The van der Waals surface area contributed by atoms with Gasteiger partial charge in [0.2, 0.25) is 10.0 Å². The second kappa shape index (κ2) is 6.54. The lowest BCUT2D eigenvalue weighted by atomic mass is 10.1. The topological polar surface area (TPSA) is 37.4 Å². The van der Waals surface area contributed by atoms with E-state index in [0.717, 1.165) is 22.3 Å². The van der Waals surface area contributed by atoms with Crippen molar-refractivity contribution in [3.63, 3.8) is 0 Å². The van der Waals surface area contributed by atoms with E-state index < -0.39 is 10.0 Å². The SMILES string of the molecule is Cc1cc(C)c(S(=O)(=O)N2CC=C[C@@H]2Cc2ccccc2)c(C)c1. The highest BCUT2D eigenvalue weighted by molar-refractivity contribution is 7.89. The van der Waals surface area contributed by atoms with Crippen molar-refractivity contribution in [2.45, 2.75) is 38.1 Å². The third-order valence-electron chi connectivity index (χ3n) is 4.47. The maximum Gasteiger partial charge on any atom is 0.244 e. The fourth-order valence-corrected chi connectivity index (χ4v) is 5.50. The van der Waals surface area contributed by atoms with Gasteiger partial charge in [-0.25, -0.2) is 8.42 Å². The van der Waals surface area contributed by atoms with E-state index >= 15 is 0 Å². The van der Waals surface area contributed by atoms with Gasteiger partial charge in [0.1, 0.15) is 0 Å². The van der Waals surface area contributed by atoms with Crippen LogP contribution in [0.3, 0.4) is 0 Å². The molecule has 1 aliphatic rings. The number of rotatable bonds is 4. The summed E-state index contributed by atoms with van der Waals surface area (Å²) in [7, 11) is -3.52. The Kier molecular flexibility index (Phi) is 4.61. The molecular formula is C20H23NO2S. The van der Waals surface area contributed by atoms with Crippen molar-refractivity contribution in [1.82, 2.24) is 4.31 Å². The Morgan fingerprint density at radius 1 is 1.04 bits per heavy atom. The highest BCUT2D eigenvalue weighted by Crippen LogP contribution is 2.29. The van der Waals surface area contributed by atoms with Crippen molar-refractivity contribution < 1.29 is 8.42 Å². The van der Waals surface area contributed by atoms with E-state index in [2.05, 4.69) is 0 Å². The van der Waals surface area contributed by atoms with Crippen molar-refractivity contribution in [3.05, 3.63) is 76.9 Å². The molecule has 0 spiro atoms. The van der Waals surface area contributed by atoms with E-state index in [9.17, 15) is 8.42 Å². The van der Waals surface area contributed by atoms with Crippen molar-refractivity contribution in [2.24, 2.45) is 0 Å². The lowest BCUT2D eigenvalue weighted by molar-refractivity contribution is 0.407. The number of hydrogen-bond acceptors (Lipinski definition) is 2. The van der Waals surface area contributed by atoms with Gasteiger partial charge in [-0.3, -0.25) is 0 Å². The molecule has 0 bridgehead atoms. The normalized spacial score (nSPS) is 18.2. The van der Waals surface area contributed by atoms with Crippen LogP contribution in [-0.4, -0.2) is 25.3 Å². The van der Waals surface area contributed by atoms with Gasteiger partial charge in [-0.05, 0) is 43.9 Å². The first-order chi connectivity index (χ1) is 11.4. The quantitative estimate of drug-likeness (QED) is 0.794. The summed E-state index contributed by atoms with van der Waals surface area (Å²) >= 11 is 0. The maximum atomic E-state index is 13.3. The van der Waals surface area contributed by atoms with Crippen LogP contribution in [0.15, 0.2) is 59.5 Å². The molecule has 0 saturated carbocycles. The molecule has 0 aliphatic carbocycles. The first-order valence-electron chi connectivity index (χ1n) is 8.20. The number of benzene rings is 2. The van der Waals surface area contributed by atoms with Crippen LogP contribution in [0, 0.1) is 20.8 Å². The molecule has 1 heterocycles. The summed E-state index contributed by atoms with van der Waals surface area (Å²) in [6, 6.07) is 13.8. The second-order valence-electron chi connectivity index (χ2n) is 6.49. The van der Waals surface area contributed by atoms with E-state index in [-0.39, 0.29) is 6.04 Å². The summed E-state index contributed by atoms with van der Waals surface area (Å²) in [5.41, 5.74) is 3.87. The van der Waals surface area contributed by atoms with Crippen LogP contribution in [0.5, 0.6) is 0 Å². The highest BCUT2D eigenvalue weighted by Gasteiger charge is 2.34. The Morgan fingerprint density at radius 2 is 1.67 bits per heavy atom. The lowest BCUT2D eigenvalue weighted by Crippen LogP contribution is -2.38. The fraction of sp³-hybridized carbons (Fsp3) is 0.300. The third kappa shape index (κ3) is 3.17.